The number of hydrogen-bond acceptors (Lipinski definition) is 2. The van der Waals surface area contributed by atoms with E-state index in [9.17, 15) is 18.0 Å². The highest BCUT2D eigenvalue weighted by Crippen LogP contribution is 2.16. The van der Waals surface area contributed by atoms with Crippen LogP contribution in [-0.4, -0.2) is 23.9 Å². The van der Waals surface area contributed by atoms with Gasteiger partial charge in [-0.2, -0.15) is 0 Å². The molecular formula is C17H17F3N2O. The van der Waals surface area contributed by atoms with Crippen LogP contribution in [0, 0.1) is 17.5 Å². The second kappa shape index (κ2) is 7.28. The molecule has 0 unspecified atom stereocenters. The molecule has 0 spiro atoms. The van der Waals surface area contributed by atoms with E-state index in [0.717, 1.165) is 18.2 Å². The van der Waals surface area contributed by atoms with Crippen LogP contribution in [0.2, 0.25) is 0 Å². The maximum absolute atomic E-state index is 13.5. The SMILES string of the molecule is C[C@H](C(=O)Nc1cc(F)ccc1F)N(C)Cc1cccc(F)c1. The number of nitrogens with one attached hydrogen (secondary N) is 1. The first kappa shape index (κ1) is 17.0. The lowest BCUT2D eigenvalue weighted by Gasteiger charge is -2.24. The summed E-state index contributed by atoms with van der Waals surface area (Å²) >= 11 is 0. The summed E-state index contributed by atoms with van der Waals surface area (Å²) in [6.07, 6.45) is 0. The minimum absolute atomic E-state index is 0.207. The van der Waals surface area contributed by atoms with Gasteiger partial charge in [-0.1, -0.05) is 12.1 Å². The molecule has 0 aliphatic rings. The molecule has 1 amide bonds. The monoisotopic (exact) mass is 322 g/mol. The largest absolute Gasteiger partial charge is 0.322 e. The van der Waals surface area contributed by atoms with E-state index in [4.69, 9.17) is 0 Å². The first-order valence-corrected chi connectivity index (χ1v) is 7.07. The number of carbonyl (C=O) groups excluding carboxylic acids is 1. The molecule has 0 aliphatic heterocycles. The minimum atomic E-state index is -0.709. The van der Waals surface area contributed by atoms with E-state index >= 15 is 0 Å². The summed E-state index contributed by atoms with van der Waals surface area (Å²) in [6, 6.07) is 8.30. The molecule has 6 heteroatoms. The molecule has 0 saturated heterocycles. The van der Waals surface area contributed by atoms with Gasteiger partial charge in [-0.3, -0.25) is 9.69 Å². The van der Waals surface area contributed by atoms with Gasteiger partial charge in [0, 0.05) is 12.6 Å². The third-order valence-electron chi connectivity index (χ3n) is 3.55. The Labute approximate surface area is 132 Å². The van der Waals surface area contributed by atoms with Gasteiger partial charge >= 0.3 is 0 Å². The summed E-state index contributed by atoms with van der Waals surface area (Å²) < 4.78 is 39.8. The van der Waals surface area contributed by atoms with Gasteiger partial charge in [-0.05, 0) is 43.8 Å². The molecule has 0 heterocycles. The van der Waals surface area contributed by atoms with Crippen LogP contribution in [0.25, 0.3) is 0 Å². The average molecular weight is 322 g/mol. The normalized spacial score (nSPS) is 12.3. The molecule has 1 N–H and O–H groups in total. The Morgan fingerprint density at radius 2 is 1.83 bits per heavy atom. The number of rotatable bonds is 5. The summed E-state index contributed by atoms with van der Waals surface area (Å²) in [5.41, 5.74) is 0.505. The third-order valence-corrected chi connectivity index (χ3v) is 3.55. The van der Waals surface area contributed by atoms with Gasteiger partial charge in [0.05, 0.1) is 11.7 Å². The Morgan fingerprint density at radius 1 is 1.13 bits per heavy atom. The third kappa shape index (κ3) is 4.56. The second-order valence-electron chi connectivity index (χ2n) is 5.33. The molecule has 122 valence electrons. The summed E-state index contributed by atoms with van der Waals surface area (Å²) in [5.74, 6) is -2.18. The highest BCUT2D eigenvalue weighted by molar-refractivity contribution is 5.94. The fraction of sp³-hybridized carbons (Fsp3) is 0.235. The fourth-order valence-electron chi connectivity index (χ4n) is 2.09. The molecular weight excluding hydrogens is 305 g/mol. The van der Waals surface area contributed by atoms with E-state index in [0.29, 0.717) is 12.1 Å². The standard InChI is InChI=1S/C17H17F3N2O/c1-11(22(2)10-12-4-3-5-13(18)8-12)17(23)21-16-9-14(19)6-7-15(16)20/h3-9,11H,10H2,1-2H3,(H,21,23)/t11-/m1/s1. The van der Waals surface area contributed by atoms with Crippen molar-refractivity contribution >= 4 is 11.6 Å². The fourth-order valence-corrected chi connectivity index (χ4v) is 2.09. The lowest BCUT2D eigenvalue weighted by atomic mass is 10.1. The van der Waals surface area contributed by atoms with Crippen LogP contribution in [0.1, 0.15) is 12.5 Å². The van der Waals surface area contributed by atoms with Gasteiger partial charge < -0.3 is 5.32 Å². The molecule has 0 bridgehead atoms. The van der Waals surface area contributed by atoms with Gasteiger partial charge in [0.25, 0.3) is 0 Å². The predicted molar refractivity (Wildman–Crippen MR) is 82.3 cm³/mol. The number of likely N-dealkylation sites (N-methyl/N-ethyl adjacent to an activating group) is 1. The van der Waals surface area contributed by atoms with Crippen molar-refractivity contribution in [3.63, 3.8) is 0 Å². The number of anilines is 1. The minimum Gasteiger partial charge on any atom is -0.322 e. The quantitative estimate of drug-likeness (QED) is 0.913. The molecule has 23 heavy (non-hydrogen) atoms. The van der Waals surface area contributed by atoms with Crippen molar-refractivity contribution in [1.82, 2.24) is 4.90 Å². The molecule has 0 aromatic heterocycles. The number of nitrogens with zero attached hydrogens (tertiary/aromatic N) is 1. The van der Waals surface area contributed by atoms with E-state index in [1.54, 1.807) is 31.0 Å². The van der Waals surface area contributed by atoms with Crippen LogP contribution >= 0.6 is 0 Å². The predicted octanol–water partition coefficient (Wildman–Crippen LogP) is 3.56. The zero-order valence-corrected chi connectivity index (χ0v) is 12.8. The molecule has 2 aromatic rings. The van der Waals surface area contributed by atoms with E-state index in [1.165, 1.54) is 12.1 Å². The molecule has 0 fully saturated rings. The average Bonchev–Trinajstić information content (AvgIpc) is 2.50. The zero-order valence-electron chi connectivity index (χ0n) is 12.8. The van der Waals surface area contributed by atoms with Gasteiger partial charge in [0.1, 0.15) is 17.5 Å². The molecule has 0 saturated carbocycles. The first-order valence-electron chi connectivity index (χ1n) is 7.07. The van der Waals surface area contributed by atoms with Crippen LogP contribution < -0.4 is 5.32 Å². The van der Waals surface area contributed by atoms with Crippen molar-refractivity contribution in [2.24, 2.45) is 0 Å². The molecule has 2 aromatic carbocycles. The first-order chi connectivity index (χ1) is 10.9. The van der Waals surface area contributed by atoms with Crippen molar-refractivity contribution in [3.8, 4) is 0 Å². The number of benzene rings is 2. The van der Waals surface area contributed by atoms with Crippen molar-refractivity contribution in [3.05, 3.63) is 65.5 Å². The van der Waals surface area contributed by atoms with E-state index in [2.05, 4.69) is 5.32 Å². The molecule has 2 rings (SSSR count). The lowest BCUT2D eigenvalue weighted by Crippen LogP contribution is -2.39. The topological polar surface area (TPSA) is 32.3 Å². The number of hydrogen-bond donors (Lipinski definition) is 1. The van der Waals surface area contributed by atoms with Crippen molar-refractivity contribution < 1.29 is 18.0 Å². The number of halogens is 3. The zero-order chi connectivity index (χ0) is 17.0. The lowest BCUT2D eigenvalue weighted by molar-refractivity contribution is -0.120. The number of amides is 1. The Morgan fingerprint density at radius 3 is 2.52 bits per heavy atom. The molecule has 0 aliphatic carbocycles. The number of carbonyl (C=O) groups is 1. The Kier molecular flexibility index (Phi) is 5.39. The van der Waals surface area contributed by atoms with Gasteiger partial charge in [0.2, 0.25) is 5.91 Å². The summed E-state index contributed by atoms with van der Waals surface area (Å²) in [4.78, 5) is 13.8. The smallest absolute Gasteiger partial charge is 0.241 e. The Bertz CT molecular complexity index is 706. The Hall–Kier alpha value is -2.34. The van der Waals surface area contributed by atoms with E-state index in [1.807, 2.05) is 0 Å². The van der Waals surface area contributed by atoms with E-state index in [-0.39, 0.29) is 11.5 Å². The van der Waals surface area contributed by atoms with Gasteiger partial charge in [0.15, 0.2) is 0 Å². The summed E-state index contributed by atoms with van der Waals surface area (Å²) in [7, 11) is 1.69. The van der Waals surface area contributed by atoms with Crippen molar-refractivity contribution in [1.29, 1.82) is 0 Å². The second-order valence-corrected chi connectivity index (χ2v) is 5.33. The molecule has 0 radical (unpaired) electrons. The Balaban J connectivity index is 2.02. The van der Waals surface area contributed by atoms with Crippen molar-refractivity contribution in [2.45, 2.75) is 19.5 Å². The van der Waals surface area contributed by atoms with Crippen LogP contribution in [0.3, 0.4) is 0 Å². The highest BCUT2D eigenvalue weighted by atomic mass is 19.1. The molecule has 3 nitrogen and oxygen atoms in total. The van der Waals surface area contributed by atoms with Crippen LogP contribution in [0.5, 0.6) is 0 Å². The van der Waals surface area contributed by atoms with Crippen molar-refractivity contribution in [2.75, 3.05) is 12.4 Å². The van der Waals surface area contributed by atoms with Crippen LogP contribution in [-0.2, 0) is 11.3 Å². The highest BCUT2D eigenvalue weighted by Gasteiger charge is 2.19. The maximum Gasteiger partial charge on any atom is 0.241 e. The maximum atomic E-state index is 13.5. The van der Waals surface area contributed by atoms with Crippen LogP contribution in [0.4, 0.5) is 18.9 Å². The van der Waals surface area contributed by atoms with Gasteiger partial charge in [-0.15, -0.1) is 0 Å². The summed E-state index contributed by atoms with van der Waals surface area (Å²) in [5, 5.41) is 2.36. The van der Waals surface area contributed by atoms with E-state index < -0.39 is 23.6 Å². The van der Waals surface area contributed by atoms with Crippen LogP contribution in [0.15, 0.2) is 42.5 Å². The molecule has 1 atom stereocenters. The summed E-state index contributed by atoms with van der Waals surface area (Å²) in [6.45, 7) is 1.98. The van der Waals surface area contributed by atoms with Gasteiger partial charge in [-0.25, -0.2) is 13.2 Å².